The Kier molecular flexibility index (Phi) is 6.46. The van der Waals surface area contributed by atoms with Crippen LogP contribution < -0.4 is 10.0 Å². The molecular weight excluding hydrogens is 375 g/mol. The van der Waals surface area contributed by atoms with E-state index in [1.807, 2.05) is 0 Å². The van der Waals surface area contributed by atoms with Crippen LogP contribution in [0.25, 0.3) is 0 Å². The summed E-state index contributed by atoms with van der Waals surface area (Å²) in [4.78, 5) is 11.5. The number of amides is 1. The number of halogens is 1. The predicted octanol–water partition coefficient (Wildman–Crippen LogP) is 0.929. The molecule has 1 amide bonds. The van der Waals surface area contributed by atoms with Gasteiger partial charge in [0.05, 0.1) is 29.8 Å². The third-order valence-corrected chi connectivity index (χ3v) is 6.41. The molecule has 1 heterocycles. The molecule has 1 aliphatic carbocycles. The highest BCUT2D eigenvalue weighted by atomic mass is 32.2. The minimum Gasteiger partial charge on any atom is -0.394 e. The molecule has 3 atom stereocenters. The number of hydrogen-bond donors (Lipinski definition) is 3. The standard InChI is InChI=1S/C18H25FN2O5S/c19-13-2-1-3-15(10-13)27(24,25)21-16-7-6-14(26-17(16)11-22)8-9-20-18(23)12-4-5-12/h1-3,10,12,14,16-17,21-22H,4-9,11H2,(H,20,23)/t14-,16-,17-/m1/s1. The Morgan fingerprint density at radius 1 is 1.26 bits per heavy atom. The van der Waals surface area contributed by atoms with Gasteiger partial charge in [-0.25, -0.2) is 17.5 Å². The normalized spacial score (nSPS) is 25.9. The quantitative estimate of drug-likeness (QED) is 0.602. The van der Waals surface area contributed by atoms with Crippen LogP contribution in [0.3, 0.4) is 0 Å². The molecule has 0 unspecified atom stereocenters. The number of carbonyl (C=O) groups excluding carboxylic acids is 1. The Hall–Kier alpha value is -1.55. The number of benzene rings is 1. The Bertz CT molecular complexity index is 769. The van der Waals surface area contributed by atoms with Gasteiger partial charge in [0.2, 0.25) is 15.9 Å². The summed E-state index contributed by atoms with van der Waals surface area (Å²) in [5.74, 6) is -0.404. The molecule has 1 aromatic carbocycles. The summed E-state index contributed by atoms with van der Waals surface area (Å²) >= 11 is 0. The van der Waals surface area contributed by atoms with Crippen LogP contribution in [-0.2, 0) is 19.6 Å². The molecule has 0 bridgehead atoms. The third-order valence-electron chi connectivity index (χ3n) is 4.92. The van der Waals surface area contributed by atoms with E-state index < -0.39 is 28.0 Å². The number of carbonyl (C=O) groups is 1. The molecule has 3 rings (SSSR count). The largest absolute Gasteiger partial charge is 0.394 e. The molecule has 0 aromatic heterocycles. The van der Waals surface area contributed by atoms with E-state index in [1.54, 1.807) is 0 Å². The van der Waals surface area contributed by atoms with Crippen molar-refractivity contribution in [3.8, 4) is 0 Å². The van der Waals surface area contributed by atoms with Crippen LogP contribution in [0.1, 0.15) is 32.1 Å². The van der Waals surface area contributed by atoms with Gasteiger partial charge in [0.1, 0.15) is 5.82 Å². The summed E-state index contributed by atoms with van der Waals surface area (Å²) in [6.45, 7) is 0.166. The van der Waals surface area contributed by atoms with Gasteiger partial charge in [0, 0.05) is 12.5 Å². The fourth-order valence-corrected chi connectivity index (χ4v) is 4.56. The van der Waals surface area contributed by atoms with E-state index in [9.17, 15) is 22.7 Å². The SMILES string of the molecule is O=C(NCC[C@H]1CC[C@@H](NS(=O)(=O)c2cccc(F)c2)[C@@H](CO)O1)C1CC1. The molecule has 2 aliphatic rings. The van der Waals surface area contributed by atoms with Crippen molar-refractivity contribution in [2.45, 2.75) is 55.2 Å². The van der Waals surface area contributed by atoms with E-state index in [2.05, 4.69) is 10.0 Å². The molecule has 0 radical (unpaired) electrons. The molecule has 1 saturated carbocycles. The lowest BCUT2D eigenvalue weighted by molar-refractivity contribution is -0.122. The van der Waals surface area contributed by atoms with Gasteiger partial charge in [-0.3, -0.25) is 4.79 Å². The molecule has 3 N–H and O–H groups in total. The summed E-state index contributed by atoms with van der Waals surface area (Å²) in [5, 5.41) is 12.5. The van der Waals surface area contributed by atoms with E-state index in [4.69, 9.17) is 4.74 Å². The first-order valence-corrected chi connectivity index (χ1v) is 10.7. The first kappa shape index (κ1) is 20.2. The second-order valence-corrected chi connectivity index (χ2v) is 8.81. The van der Waals surface area contributed by atoms with Crippen molar-refractivity contribution in [3.63, 3.8) is 0 Å². The maximum atomic E-state index is 13.3. The molecule has 1 aromatic rings. The smallest absolute Gasteiger partial charge is 0.241 e. The summed E-state index contributed by atoms with van der Waals surface area (Å²) in [6.07, 6.45) is 2.76. The van der Waals surface area contributed by atoms with Crippen molar-refractivity contribution in [3.05, 3.63) is 30.1 Å². The first-order chi connectivity index (χ1) is 12.9. The molecule has 150 valence electrons. The highest BCUT2D eigenvalue weighted by Gasteiger charge is 2.34. The number of aliphatic hydroxyl groups is 1. The van der Waals surface area contributed by atoms with Crippen LogP contribution in [0.4, 0.5) is 4.39 Å². The average molecular weight is 400 g/mol. The van der Waals surface area contributed by atoms with Crippen LogP contribution in [0.5, 0.6) is 0 Å². The maximum Gasteiger partial charge on any atom is 0.241 e. The van der Waals surface area contributed by atoms with Crippen LogP contribution in [0.15, 0.2) is 29.2 Å². The topological polar surface area (TPSA) is 105 Å². The zero-order chi connectivity index (χ0) is 19.4. The van der Waals surface area contributed by atoms with Crippen LogP contribution >= 0.6 is 0 Å². The predicted molar refractivity (Wildman–Crippen MR) is 95.8 cm³/mol. The van der Waals surface area contributed by atoms with Gasteiger partial charge in [0.25, 0.3) is 0 Å². The Labute approximate surface area is 158 Å². The zero-order valence-electron chi connectivity index (χ0n) is 14.9. The lowest BCUT2D eigenvalue weighted by Gasteiger charge is -2.36. The van der Waals surface area contributed by atoms with Crippen LogP contribution in [-0.4, -0.2) is 50.8 Å². The number of hydrogen-bond acceptors (Lipinski definition) is 5. The molecule has 2 fully saturated rings. The Balaban J connectivity index is 1.52. The molecule has 27 heavy (non-hydrogen) atoms. The van der Waals surface area contributed by atoms with Gasteiger partial charge in [0.15, 0.2) is 0 Å². The number of sulfonamides is 1. The van der Waals surface area contributed by atoms with Crippen molar-refractivity contribution in [2.24, 2.45) is 5.92 Å². The molecule has 1 aliphatic heterocycles. The zero-order valence-corrected chi connectivity index (χ0v) is 15.8. The van der Waals surface area contributed by atoms with Gasteiger partial charge < -0.3 is 15.2 Å². The van der Waals surface area contributed by atoms with E-state index in [0.717, 1.165) is 18.9 Å². The average Bonchev–Trinajstić information content (AvgIpc) is 3.48. The lowest BCUT2D eigenvalue weighted by atomic mass is 9.98. The van der Waals surface area contributed by atoms with E-state index in [0.29, 0.717) is 25.8 Å². The Morgan fingerprint density at radius 3 is 2.70 bits per heavy atom. The second kappa shape index (κ2) is 8.64. The number of ether oxygens (including phenoxy) is 1. The Morgan fingerprint density at radius 2 is 2.04 bits per heavy atom. The van der Waals surface area contributed by atoms with E-state index in [-0.39, 0.29) is 29.4 Å². The van der Waals surface area contributed by atoms with Gasteiger partial charge in [-0.15, -0.1) is 0 Å². The van der Waals surface area contributed by atoms with Gasteiger partial charge in [-0.2, -0.15) is 0 Å². The summed E-state index contributed by atoms with van der Waals surface area (Å²) in [5.41, 5.74) is 0. The van der Waals surface area contributed by atoms with Crippen molar-refractivity contribution >= 4 is 15.9 Å². The highest BCUT2D eigenvalue weighted by Crippen LogP contribution is 2.29. The van der Waals surface area contributed by atoms with E-state index in [1.165, 1.54) is 18.2 Å². The van der Waals surface area contributed by atoms with Crippen molar-refractivity contribution in [1.29, 1.82) is 0 Å². The van der Waals surface area contributed by atoms with Gasteiger partial charge in [-0.05, 0) is 50.3 Å². The highest BCUT2D eigenvalue weighted by molar-refractivity contribution is 7.89. The molecule has 7 nitrogen and oxygen atoms in total. The summed E-state index contributed by atoms with van der Waals surface area (Å²) < 4.78 is 46.5. The van der Waals surface area contributed by atoms with Crippen molar-refractivity contribution in [2.75, 3.05) is 13.2 Å². The van der Waals surface area contributed by atoms with Crippen LogP contribution in [0, 0.1) is 11.7 Å². The summed E-state index contributed by atoms with van der Waals surface area (Å²) in [7, 11) is -3.91. The number of rotatable bonds is 8. The second-order valence-electron chi connectivity index (χ2n) is 7.10. The van der Waals surface area contributed by atoms with Gasteiger partial charge in [-0.1, -0.05) is 6.07 Å². The number of aliphatic hydroxyl groups excluding tert-OH is 1. The fraction of sp³-hybridized carbons (Fsp3) is 0.611. The molecule has 0 spiro atoms. The summed E-state index contributed by atoms with van der Waals surface area (Å²) in [6, 6.07) is 4.17. The molecule has 9 heteroatoms. The lowest BCUT2D eigenvalue weighted by Crippen LogP contribution is -2.51. The van der Waals surface area contributed by atoms with Crippen molar-refractivity contribution < 1.29 is 27.4 Å². The van der Waals surface area contributed by atoms with Gasteiger partial charge >= 0.3 is 0 Å². The third kappa shape index (κ3) is 5.47. The van der Waals surface area contributed by atoms with Crippen molar-refractivity contribution in [1.82, 2.24) is 10.0 Å². The first-order valence-electron chi connectivity index (χ1n) is 9.21. The monoisotopic (exact) mass is 400 g/mol. The molecular formula is C18H25FN2O5S. The van der Waals surface area contributed by atoms with E-state index >= 15 is 0 Å². The van der Waals surface area contributed by atoms with Crippen LogP contribution in [0.2, 0.25) is 0 Å². The fourth-order valence-electron chi connectivity index (χ4n) is 3.23. The molecule has 1 saturated heterocycles. The minimum absolute atomic E-state index is 0.0743. The maximum absolute atomic E-state index is 13.3. The number of nitrogens with one attached hydrogen (secondary N) is 2. The minimum atomic E-state index is -3.91.